The Labute approximate surface area is 202 Å². The summed E-state index contributed by atoms with van der Waals surface area (Å²) < 4.78 is 0. The fourth-order valence-electron chi connectivity index (χ4n) is 3.20. The zero-order chi connectivity index (χ0) is 23.5. The minimum atomic E-state index is -0.876. The first-order chi connectivity index (χ1) is 15.1. The molecule has 0 aromatic heterocycles. The van der Waals surface area contributed by atoms with Gasteiger partial charge in [-0.3, -0.25) is 4.79 Å². The lowest BCUT2D eigenvalue weighted by molar-refractivity contribution is -0.128. The minimum absolute atomic E-state index is 0.0204. The fraction of sp³-hybridized carbons (Fsp3) is 0.391. The third-order valence-electron chi connectivity index (χ3n) is 5.17. The molecule has 172 valence electrons. The van der Waals surface area contributed by atoms with E-state index in [-0.39, 0.29) is 18.0 Å². The van der Waals surface area contributed by atoms with Gasteiger partial charge < -0.3 is 20.6 Å². The van der Waals surface area contributed by atoms with Gasteiger partial charge in [0.2, 0.25) is 5.91 Å². The number of carbonyl (C=O) groups excluding carboxylic acids is 2. The first-order valence-electron chi connectivity index (χ1n) is 10.2. The second-order valence-corrected chi connectivity index (χ2v) is 10.5. The third kappa shape index (κ3) is 6.10. The number of rotatable bonds is 5. The molecule has 6 nitrogen and oxygen atoms in total. The topological polar surface area (TPSA) is 81.7 Å². The molecule has 1 fully saturated rings. The Morgan fingerprint density at radius 1 is 1.16 bits per heavy atom. The van der Waals surface area contributed by atoms with Crippen LogP contribution in [0.1, 0.15) is 38.0 Å². The summed E-state index contributed by atoms with van der Waals surface area (Å²) in [6, 6.07) is 11.6. The Morgan fingerprint density at radius 2 is 1.84 bits per heavy atom. The van der Waals surface area contributed by atoms with E-state index in [1.54, 1.807) is 47.0 Å². The number of nitrogens with zero attached hydrogens (tertiary/aromatic N) is 1. The van der Waals surface area contributed by atoms with Gasteiger partial charge in [0.25, 0.3) is 0 Å². The molecule has 1 aliphatic heterocycles. The second-order valence-electron chi connectivity index (χ2n) is 8.72. The lowest BCUT2D eigenvalue weighted by atomic mass is 9.95. The highest BCUT2D eigenvalue weighted by Gasteiger charge is 2.35. The molecule has 3 amide bonds. The molecule has 2 atom stereocenters. The van der Waals surface area contributed by atoms with Crippen LogP contribution in [0.5, 0.6) is 0 Å². The van der Waals surface area contributed by atoms with E-state index in [1.165, 1.54) is 0 Å². The summed E-state index contributed by atoms with van der Waals surface area (Å²) >= 11 is 13.6. The third-order valence-corrected chi connectivity index (χ3v) is 6.95. The molecule has 2 aromatic carbocycles. The van der Waals surface area contributed by atoms with Gasteiger partial charge in [-0.25, -0.2) is 4.79 Å². The van der Waals surface area contributed by atoms with Crippen molar-refractivity contribution in [3.8, 4) is 0 Å². The van der Waals surface area contributed by atoms with Gasteiger partial charge >= 0.3 is 6.03 Å². The number of urea groups is 1. The maximum atomic E-state index is 12.9. The highest BCUT2D eigenvalue weighted by Crippen LogP contribution is 2.33. The number of hydrogen-bond acceptors (Lipinski definition) is 4. The molecule has 2 aromatic rings. The average Bonchev–Trinajstić information content (AvgIpc) is 3.24. The predicted molar refractivity (Wildman–Crippen MR) is 131 cm³/mol. The van der Waals surface area contributed by atoms with E-state index in [9.17, 15) is 14.7 Å². The van der Waals surface area contributed by atoms with E-state index in [0.717, 1.165) is 5.56 Å². The lowest BCUT2D eigenvalue weighted by Gasteiger charge is -2.28. The Balaban J connectivity index is 1.60. The van der Waals surface area contributed by atoms with Crippen LogP contribution in [-0.2, 0) is 11.3 Å². The van der Waals surface area contributed by atoms with Crippen LogP contribution in [0.25, 0.3) is 0 Å². The molecular formula is C23H27Cl2N3O3S. The highest BCUT2D eigenvalue weighted by molar-refractivity contribution is 7.99. The van der Waals surface area contributed by atoms with Gasteiger partial charge in [-0.15, -0.1) is 11.8 Å². The van der Waals surface area contributed by atoms with E-state index in [4.69, 9.17) is 23.2 Å². The van der Waals surface area contributed by atoms with Gasteiger partial charge in [-0.05, 0) is 35.4 Å². The molecular weight excluding hydrogens is 469 g/mol. The molecule has 9 heteroatoms. The van der Waals surface area contributed by atoms with Crippen molar-refractivity contribution in [1.82, 2.24) is 10.2 Å². The second kappa shape index (κ2) is 10.3. The fourth-order valence-corrected chi connectivity index (χ4v) is 4.72. The number of hydrogen-bond donors (Lipinski definition) is 3. The minimum Gasteiger partial charge on any atom is -0.386 e. The lowest BCUT2D eigenvalue weighted by Crippen LogP contribution is -2.42. The number of carbonyl (C=O) groups is 2. The quantitative estimate of drug-likeness (QED) is 0.525. The maximum Gasteiger partial charge on any atom is 0.322 e. The standard InChI is InChI=1S/C23H27Cl2N3O3S/c1-23(2,3)21(30)26-11-14-4-7-16(8-5-14)27-22(31)28-13-32-12-19(28)20(29)15-6-9-17(24)18(25)10-15/h4-10,19-20,29H,11-13H2,1-3H3,(H,26,30)(H,27,31)/t19-,20-/m0/s1. The Kier molecular flexibility index (Phi) is 7.98. The summed E-state index contributed by atoms with van der Waals surface area (Å²) in [6.07, 6.45) is -0.876. The van der Waals surface area contributed by atoms with Crippen molar-refractivity contribution in [2.75, 3.05) is 16.9 Å². The van der Waals surface area contributed by atoms with Crippen molar-refractivity contribution < 1.29 is 14.7 Å². The Hall–Kier alpha value is -1.93. The molecule has 1 saturated heterocycles. The summed E-state index contributed by atoms with van der Waals surface area (Å²) in [5.41, 5.74) is 1.75. The normalized spacial score (nSPS) is 17.2. The number of halogens is 2. The SMILES string of the molecule is CC(C)(C)C(=O)NCc1ccc(NC(=O)N2CSC[C@H]2[C@@H](O)c2ccc(Cl)c(Cl)c2)cc1. The molecule has 32 heavy (non-hydrogen) atoms. The van der Waals surface area contributed by atoms with E-state index in [2.05, 4.69) is 10.6 Å². The Bertz CT molecular complexity index is 979. The summed E-state index contributed by atoms with van der Waals surface area (Å²) in [6.45, 7) is 6.01. The van der Waals surface area contributed by atoms with Crippen molar-refractivity contribution in [2.45, 2.75) is 39.5 Å². The van der Waals surface area contributed by atoms with Crippen molar-refractivity contribution in [2.24, 2.45) is 5.41 Å². The molecule has 1 aliphatic rings. The molecule has 0 saturated carbocycles. The number of nitrogens with one attached hydrogen (secondary N) is 2. The van der Waals surface area contributed by atoms with Gasteiger partial charge in [0.15, 0.2) is 0 Å². The van der Waals surface area contributed by atoms with E-state index in [1.807, 2.05) is 32.9 Å². The van der Waals surface area contributed by atoms with Crippen molar-refractivity contribution in [1.29, 1.82) is 0 Å². The number of benzene rings is 2. The van der Waals surface area contributed by atoms with E-state index >= 15 is 0 Å². The average molecular weight is 496 g/mol. The van der Waals surface area contributed by atoms with Crippen LogP contribution < -0.4 is 10.6 Å². The molecule has 3 N–H and O–H groups in total. The van der Waals surface area contributed by atoms with Crippen LogP contribution in [0.15, 0.2) is 42.5 Å². The van der Waals surface area contributed by atoms with Crippen LogP contribution in [0, 0.1) is 5.41 Å². The summed E-state index contributed by atoms with van der Waals surface area (Å²) in [7, 11) is 0. The van der Waals surface area contributed by atoms with Crippen molar-refractivity contribution >= 4 is 52.6 Å². The van der Waals surface area contributed by atoms with Gasteiger partial charge in [0, 0.05) is 23.4 Å². The number of anilines is 1. The zero-order valence-corrected chi connectivity index (χ0v) is 20.5. The van der Waals surface area contributed by atoms with Crippen LogP contribution >= 0.6 is 35.0 Å². The van der Waals surface area contributed by atoms with Crippen LogP contribution in [-0.4, -0.2) is 39.6 Å². The van der Waals surface area contributed by atoms with Crippen molar-refractivity contribution in [3.63, 3.8) is 0 Å². The molecule has 0 bridgehead atoms. The largest absolute Gasteiger partial charge is 0.386 e. The van der Waals surface area contributed by atoms with Crippen LogP contribution in [0.3, 0.4) is 0 Å². The number of aliphatic hydroxyl groups excluding tert-OH is 1. The number of thioether (sulfide) groups is 1. The van der Waals surface area contributed by atoms with Gasteiger partial charge in [-0.2, -0.15) is 0 Å². The number of amides is 3. The maximum absolute atomic E-state index is 12.9. The van der Waals surface area contributed by atoms with Gasteiger partial charge in [-0.1, -0.05) is 62.2 Å². The van der Waals surface area contributed by atoms with Crippen LogP contribution in [0.4, 0.5) is 10.5 Å². The smallest absolute Gasteiger partial charge is 0.322 e. The molecule has 0 unspecified atom stereocenters. The molecule has 0 radical (unpaired) electrons. The first-order valence-corrected chi connectivity index (χ1v) is 12.1. The molecule has 3 rings (SSSR count). The van der Waals surface area contributed by atoms with Crippen molar-refractivity contribution in [3.05, 3.63) is 63.6 Å². The highest BCUT2D eigenvalue weighted by atomic mass is 35.5. The van der Waals surface area contributed by atoms with Gasteiger partial charge in [0.05, 0.1) is 22.0 Å². The molecule has 1 heterocycles. The van der Waals surface area contributed by atoms with E-state index in [0.29, 0.717) is 39.5 Å². The predicted octanol–water partition coefficient (Wildman–Crippen LogP) is 5.30. The molecule has 0 spiro atoms. The van der Waals surface area contributed by atoms with Crippen LogP contribution in [0.2, 0.25) is 10.0 Å². The summed E-state index contributed by atoms with van der Waals surface area (Å²) in [4.78, 5) is 26.5. The number of aliphatic hydroxyl groups is 1. The summed E-state index contributed by atoms with van der Waals surface area (Å²) in [5, 5.41) is 17.4. The molecule has 0 aliphatic carbocycles. The Morgan fingerprint density at radius 3 is 2.47 bits per heavy atom. The zero-order valence-electron chi connectivity index (χ0n) is 18.2. The first kappa shape index (κ1) is 24.7. The monoisotopic (exact) mass is 495 g/mol. The van der Waals surface area contributed by atoms with E-state index < -0.39 is 11.5 Å². The summed E-state index contributed by atoms with van der Waals surface area (Å²) in [5.74, 6) is 1.07. The van der Waals surface area contributed by atoms with Gasteiger partial charge in [0.1, 0.15) is 6.10 Å².